The van der Waals surface area contributed by atoms with Gasteiger partial charge < -0.3 is 4.43 Å². The summed E-state index contributed by atoms with van der Waals surface area (Å²) in [5.74, 6) is 0. The molecule has 0 fully saturated rings. The smallest absolute Gasteiger partial charge is 0.240 e. The Morgan fingerprint density at radius 2 is 1.84 bits per heavy atom. The molecule has 1 aromatic rings. The molecule has 0 saturated carbocycles. The fourth-order valence-corrected chi connectivity index (χ4v) is 4.34. The van der Waals surface area contributed by atoms with Crippen LogP contribution in [0.5, 0.6) is 0 Å². The molecular formula is C19H31NO3SSi. The molecule has 0 aliphatic carbocycles. The van der Waals surface area contributed by atoms with Gasteiger partial charge in [0.05, 0.1) is 11.0 Å². The molecule has 1 aromatic carbocycles. The minimum Gasteiger partial charge on any atom is -0.410 e. The van der Waals surface area contributed by atoms with Crippen molar-refractivity contribution in [2.45, 2.75) is 63.2 Å². The van der Waals surface area contributed by atoms with Crippen LogP contribution in [0.4, 0.5) is 0 Å². The van der Waals surface area contributed by atoms with Crippen molar-refractivity contribution in [1.82, 2.24) is 4.72 Å². The molecule has 0 heterocycles. The van der Waals surface area contributed by atoms with E-state index in [2.05, 4.69) is 50.9 Å². The van der Waals surface area contributed by atoms with Crippen LogP contribution >= 0.6 is 0 Å². The van der Waals surface area contributed by atoms with Crippen molar-refractivity contribution < 1.29 is 12.8 Å². The van der Waals surface area contributed by atoms with Crippen LogP contribution in [0.2, 0.25) is 18.1 Å². The number of aryl methyl sites for hydroxylation is 1. The van der Waals surface area contributed by atoms with Crippen LogP contribution in [-0.4, -0.2) is 29.4 Å². The molecular weight excluding hydrogens is 350 g/mol. The summed E-state index contributed by atoms with van der Waals surface area (Å²) in [7, 11) is -5.45. The van der Waals surface area contributed by atoms with Gasteiger partial charge in [0.15, 0.2) is 8.32 Å². The van der Waals surface area contributed by atoms with E-state index in [-0.39, 0.29) is 16.0 Å². The van der Waals surface area contributed by atoms with Gasteiger partial charge in [-0.25, -0.2) is 13.1 Å². The number of rotatable bonds is 8. The number of sulfonamides is 1. The Kier molecular flexibility index (Phi) is 7.41. The maximum atomic E-state index is 12.3. The van der Waals surface area contributed by atoms with Crippen LogP contribution in [0.3, 0.4) is 0 Å². The zero-order valence-electron chi connectivity index (χ0n) is 16.2. The summed E-state index contributed by atoms with van der Waals surface area (Å²) in [5.41, 5.74) is 3.80. The van der Waals surface area contributed by atoms with Gasteiger partial charge in [-0.1, -0.05) is 45.0 Å². The molecule has 0 saturated heterocycles. The first-order valence-electron chi connectivity index (χ1n) is 8.49. The maximum Gasteiger partial charge on any atom is 0.240 e. The zero-order chi connectivity index (χ0) is 19.3. The summed E-state index contributed by atoms with van der Waals surface area (Å²) in [6.45, 7) is 16.7. The Morgan fingerprint density at radius 1 is 1.28 bits per heavy atom. The molecule has 140 valence electrons. The summed E-state index contributed by atoms with van der Waals surface area (Å²) < 4.78 is 33.7. The molecule has 0 aliphatic heterocycles. The molecule has 0 radical (unpaired) electrons. The van der Waals surface area contributed by atoms with Crippen LogP contribution in [0.15, 0.2) is 47.5 Å². The lowest BCUT2D eigenvalue weighted by molar-refractivity contribution is 0.216. The van der Waals surface area contributed by atoms with Gasteiger partial charge >= 0.3 is 0 Å². The normalized spacial score (nSPS) is 14.0. The van der Waals surface area contributed by atoms with E-state index in [4.69, 9.17) is 4.43 Å². The lowest BCUT2D eigenvalue weighted by Gasteiger charge is -2.38. The first kappa shape index (κ1) is 21.9. The minimum atomic E-state index is -3.50. The fraction of sp³-hybridized carbons (Fsp3) is 0.526. The molecule has 1 rings (SSSR count). The van der Waals surface area contributed by atoms with Crippen LogP contribution < -0.4 is 4.72 Å². The van der Waals surface area contributed by atoms with Crippen LogP contribution in [0.1, 0.15) is 32.8 Å². The third-order valence-electron chi connectivity index (χ3n) is 4.61. The molecule has 0 aromatic heterocycles. The van der Waals surface area contributed by atoms with Gasteiger partial charge in [-0.15, -0.1) is 5.73 Å². The highest BCUT2D eigenvalue weighted by atomic mass is 32.2. The molecule has 1 N–H and O–H groups in total. The van der Waals surface area contributed by atoms with Gasteiger partial charge in [0.2, 0.25) is 10.0 Å². The Morgan fingerprint density at radius 3 is 2.32 bits per heavy atom. The standard InChI is InChI=1S/C19H31NO3SSi/c1-8-9-17(23-25(6,7)19(3,4)5)14-15-20-24(21,22)18-12-10-16(2)11-13-18/h9-13,17,20H,1,14-15H2,2-7H3/t17-/m1/s1. The summed E-state index contributed by atoms with van der Waals surface area (Å²) in [6, 6.07) is 6.81. The van der Waals surface area contributed by atoms with Gasteiger partial charge in [0.1, 0.15) is 0 Å². The fourth-order valence-electron chi connectivity index (χ4n) is 2.00. The van der Waals surface area contributed by atoms with Crippen molar-refractivity contribution >= 4 is 18.3 Å². The molecule has 0 amide bonds. The lowest BCUT2D eigenvalue weighted by Crippen LogP contribution is -2.44. The molecule has 0 unspecified atom stereocenters. The van der Waals surface area contributed by atoms with Gasteiger partial charge in [0.25, 0.3) is 0 Å². The zero-order valence-corrected chi connectivity index (χ0v) is 18.0. The van der Waals surface area contributed by atoms with Gasteiger partial charge in [-0.05, 0) is 49.7 Å². The maximum absolute atomic E-state index is 12.3. The average molecular weight is 382 g/mol. The average Bonchev–Trinajstić information content (AvgIpc) is 2.46. The number of benzene rings is 1. The van der Waals surface area contributed by atoms with Crippen LogP contribution in [-0.2, 0) is 14.4 Å². The van der Waals surface area contributed by atoms with Gasteiger partial charge in [-0.2, -0.15) is 0 Å². The lowest BCUT2D eigenvalue weighted by atomic mass is 10.2. The quantitative estimate of drug-likeness (QED) is 0.536. The number of nitrogens with one attached hydrogen (secondary N) is 1. The topological polar surface area (TPSA) is 55.4 Å². The van der Waals surface area contributed by atoms with E-state index < -0.39 is 18.3 Å². The van der Waals surface area contributed by atoms with E-state index in [1.807, 2.05) is 6.92 Å². The molecule has 0 aliphatic rings. The Balaban J connectivity index is 2.72. The Bertz CT molecular complexity index is 712. The van der Waals surface area contributed by atoms with E-state index in [9.17, 15) is 8.42 Å². The molecule has 0 bridgehead atoms. The molecule has 1 atom stereocenters. The predicted octanol–water partition coefficient (Wildman–Crippen LogP) is 4.39. The highest BCUT2D eigenvalue weighted by Gasteiger charge is 2.38. The highest BCUT2D eigenvalue weighted by Crippen LogP contribution is 2.37. The Labute approximate surface area is 154 Å². The van der Waals surface area contributed by atoms with Crippen molar-refractivity contribution in [3.63, 3.8) is 0 Å². The third-order valence-corrected chi connectivity index (χ3v) is 10.6. The van der Waals surface area contributed by atoms with Crippen molar-refractivity contribution in [2.75, 3.05) is 6.54 Å². The molecule has 0 spiro atoms. The van der Waals surface area contributed by atoms with Gasteiger partial charge in [0, 0.05) is 6.54 Å². The summed E-state index contributed by atoms with van der Waals surface area (Å²) in [5, 5.41) is 0.0850. The first-order valence-corrected chi connectivity index (χ1v) is 12.9. The first-order chi connectivity index (χ1) is 11.4. The summed E-state index contributed by atoms with van der Waals surface area (Å²) >= 11 is 0. The highest BCUT2D eigenvalue weighted by molar-refractivity contribution is 7.89. The second-order valence-electron chi connectivity index (χ2n) is 7.79. The number of hydrogen-bond acceptors (Lipinski definition) is 3. The van der Waals surface area contributed by atoms with Crippen molar-refractivity contribution in [1.29, 1.82) is 0 Å². The minimum absolute atomic E-state index is 0.0850. The van der Waals surface area contributed by atoms with Crippen molar-refractivity contribution in [3.05, 3.63) is 48.2 Å². The SMILES string of the molecule is C=C=C[C@H](CCNS(=O)(=O)c1ccc(C)cc1)O[Si](C)(C)C(C)(C)C. The molecule has 25 heavy (non-hydrogen) atoms. The monoisotopic (exact) mass is 381 g/mol. The van der Waals surface area contributed by atoms with E-state index in [1.165, 1.54) is 0 Å². The van der Waals surface area contributed by atoms with Crippen LogP contribution in [0, 0.1) is 6.92 Å². The van der Waals surface area contributed by atoms with Crippen molar-refractivity contribution in [2.24, 2.45) is 0 Å². The molecule has 6 heteroatoms. The third kappa shape index (κ3) is 6.57. The second kappa shape index (κ2) is 8.47. The summed E-state index contributed by atoms with van der Waals surface area (Å²) in [6.07, 6.45) is 2.12. The number of hydrogen-bond donors (Lipinski definition) is 1. The second-order valence-corrected chi connectivity index (χ2v) is 14.3. The van der Waals surface area contributed by atoms with E-state index >= 15 is 0 Å². The van der Waals surface area contributed by atoms with Crippen molar-refractivity contribution in [3.8, 4) is 0 Å². The summed E-state index contributed by atoms with van der Waals surface area (Å²) in [4.78, 5) is 0.277. The van der Waals surface area contributed by atoms with E-state index in [1.54, 1.807) is 30.3 Å². The Hall–Kier alpha value is -1.17. The largest absolute Gasteiger partial charge is 0.410 e. The van der Waals surface area contributed by atoms with E-state index in [0.717, 1.165) is 5.56 Å². The predicted molar refractivity (Wildman–Crippen MR) is 107 cm³/mol. The van der Waals surface area contributed by atoms with E-state index in [0.29, 0.717) is 13.0 Å². The van der Waals surface area contributed by atoms with Gasteiger partial charge in [-0.3, -0.25) is 0 Å². The van der Waals surface area contributed by atoms with Crippen LogP contribution in [0.25, 0.3) is 0 Å². The molecule has 4 nitrogen and oxygen atoms in total.